The van der Waals surface area contributed by atoms with Gasteiger partial charge in [0, 0.05) is 5.38 Å². The number of nitrogens with one attached hydrogen (secondary N) is 1. The van der Waals surface area contributed by atoms with Gasteiger partial charge in [0.15, 0.2) is 5.13 Å². The summed E-state index contributed by atoms with van der Waals surface area (Å²) < 4.78 is 0.197. The first-order valence-corrected chi connectivity index (χ1v) is 11.4. The molecule has 0 aliphatic carbocycles. The van der Waals surface area contributed by atoms with Gasteiger partial charge in [-0.1, -0.05) is 84.6 Å². The molecule has 3 N–H and O–H groups in total. The predicted molar refractivity (Wildman–Crippen MR) is 129 cm³/mol. The second kappa shape index (κ2) is 12.4. The van der Waals surface area contributed by atoms with Crippen molar-refractivity contribution < 1.29 is 49.7 Å². The second-order valence-corrected chi connectivity index (χ2v) is 9.15. The summed E-state index contributed by atoms with van der Waals surface area (Å²) in [6.07, 6.45) is 1.62. The summed E-state index contributed by atoms with van der Waals surface area (Å²) in [5.74, 6) is -1.81. The fourth-order valence-corrected chi connectivity index (χ4v) is 5.03. The molecular formula is C22H18N3NaO4S3. The van der Waals surface area contributed by atoms with Crippen LogP contribution in [-0.4, -0.2) is 38.1 Å². The van der Waals surface area contributed by atoms with Crippen molar-refractivity contribution in [2.75, 3.05) is 11.9 Å². The van der Waals surface area contributed by atoms with Gasteiger partial charge in [-0.15, -0.1) is 11.3 Å². The minimum atomic E-state index is -1.36. The molecule has 164 valence electrons. The van der Waals surface area contributed by atoms with E-state index >= 15 is 0 Å². The quantitative estimate of drug-likeness (QED) is 0.260. The number of thiazole rings is 1. The molecule has 1 aliphatic heterocycles. The minimum Gasteiger partial charge on any atom is -0.548 e. The van der Waals surface area contributed by atoms with Crippen LogP contribution in [0.2, 0.25) is 0 Å². The van der Waals surface area contributed by atoms with Gasteiger partial charge >= 0.3 is 29.6 Å². The Morgan fingerprint density at radius 1 is 1.12 bits per heavy atom. The third kappa shape index (κ3) is 6.73. The van der Waals surface area contributed by atoms with E-state index in [1.165, 1.54) is 11.3 Å². The van der Waals surface area contributed by atoms with E-state index in [0.717, 1.165) is 27.8 Å². The van der Waals surface area contributed by atoms with Crippen LogP contribution in [0.15, 0.2) is 70.9 Å². The largest absolute Gasteiger partial charge is 1.00 e. The number of hydrogen-bond acceptors (Lipinski definition) is 8. The Morgan fingerprint density at radius 2 is 1.70 bits per heavy atom. The number of anilines is 1. The molecule has 0 spiro atoms. The van der Waals surface area contributed by atoms with Crippen LogP contribution < -0.4 is 40.0 Å². The Hall–Kier alpha value is -2.05. The zero-order valence-electron chi connectivity index (χ0n) is 17.6. The maximum absolute atomic E-state index is 12.4. The number of carboxylic acid groups (broad SMARTS) is 1. The van der Waals surface area contributed by atoms with Crippen molar-refractivity contribution in [3.05, 3.63) is 87.8 Å². The zero-order chi connectivity index (χ0) is 21.8. The van der Waals surface area contributed by atoms with Crippen molar-refractivity contribution in [3.8, 4) is 0 Å². The summed E-state index contributed by atoms with van der Waals surface area (Å²) in [6.45, 7) is -0.554. The summed E-state index contributed by atoms with van der Waals surface area (Å²) in [7, 11) is 0. The molecule has 1 aromatic heterocycles. The van der Waals surface area contributed by atoms with Gasteiger partial charge in [0.05, 0.1) is 29.2 Å². The molecule has 11 heteroatoms. The number of carboxylic acids is 1. The van der Waals surface area contributed by atoms with E-state index in [0.29, 0.717) is 15.7 Å². The summed E-state index contributed by atoms with van der Waals surface area (Å²) in [4.78, 5) is 29.2. The van der Waals surface area contributed by atoms with Crippen molar-refractivity contribution in [1.82, 2.24) is 9.88 Å². The van der Waals surface area contributed by atoms with Gasteiger partial charge in [-0.2, -0.15) is 0 Å². The van der Waals surface area contributed by atoms with Crippen LogP contribution in [0.5, 0.6) is 0 Å². The Labute approximate surface area is 226 Å². The number of aromatic nitrogens is 1. The van der Waals surface area contributed by atoms with Crippen molar-refractivity contribution in [2.24, 2.45) is 0 Å². The summed E-state index contributed by atoms with van der Waals surface area (Å²) >= 11 is 7.59. The number of nitrogens with zero attached hydrogens (tertiary/aromatic N) is 2. The van der Waals surface area contributed by atoms with Crippen LogP contribution in [0.1, 0.15) is 22.9 Å². The van der Waals surface area contributed by atoms with Crippen molar-refractivity contribution >= 4 is 62.7 Å². The average molecular weight is 508 g/mol. The Balaban J connectivity index is 0.00000193. The summed E-state index contributed by atoms with van der Waals surface area (Å²) in [5, 5.41) is 16.9. The van der Waals surface area contributed by atoms with Gasteiger partial charge in [0.2, 0.25) is 0 Å². The van der Waals surface area contributed by atoms with Crippen LogP contribution in [-0.2, 0) is 9.59 Å². The molecule has 1 aliphatic rings. The van der Waals surface area contributed by atoms with Crippen molar-refractivity contribution in [3.63, 3.8) is 0 Å². The maximum Gasteiger partial charge on any atom is 1.00 e. The molecule has 1 amide bonds. The molecule has 4 rings (SSSR count). The fourth-order valence-electron chi connectivity index (χ4n) is 3.09. The van der Waals surface area contributed by atoms with Crippen LogP contribution >= 0.6 is 35.3 Å². The Morgan fingerprint density at radius 3 is 2.24 bits per heavy atom. The van der Waals surface area contributed by atoms with E-state index in [9.17, 15) is 14.7 Å². The van der Waals surface area contributed by atoms with E-state index in [2.05, 4.69) is 34.6 Å². The first-order chi connectivity index (χ1) is 15.0. The van der Waals surface area contributed by atoms with E-state index < -0.39 is 18.4 Å². The molecule has 2 aromatic carbocycles. The van der Waals surface area contributed by atoms with E-state index in [-0.39, 0.29) is 45.4 Å². The van der Waals surface area contributed by atoms with Crippen LogP contribution in [0, 0.1) is 0 Å². The molecule has 33 heavy (non-hydrogen) atoms. The smallest absolute Gasteiger partial charge is 0.548 e. The molecule has 0 atom stereocenters. The number of benzene rings is 2. The predicted octanol–water partition coefficient (Wildman–Crippen LogP) is -0.525. The van der Waals surface area contributed by atoms with Gasteiger partial charge in [0.25, 0.3) is 5.91 Å². The molecule has 1 saturated heterocycles. The van der Waals surface area contributed by atoms with E-state index in [1.54, 1.807) is 6.08 Å². The monoisotopic (exact) mass is 507 g/mol. The number of rotatable bonds is 7. The first kappa shape index (κ1) is 27.2. The number of thioether (sulfide) groups is 1. The SMILES string of the molecule is O.O=C([O-])CN1C(=O)C(=Cc2csc(NC(c3ccccc3)c3ccccc3)n2)SC1=S.[Na+]. The van der Waals surface area contributed by atoms with Crippen molar-refractivity contribution in [2.45, 2.75) is 6.04 Å². The van der Waals surface area contributed by atoms with Crippen LogP contribution in [0.4, 0.5) is 5.13 Å². The number of aliphatic carboxylic acids is 1. The molecule has 2 heterocycles. The standard InChI is InChI=1S/C22H17N3O3S3.Na.H2O/c26-18(27)12-25-20(28)17(31-22(25)29)11-16-13-30-21(23-16)24-19(14-7-3-1-4-8-14)15-9-5-2-6-10-15;;/h1-11,13,19H,12H2,(H,23,24)(H,26,27);;1H2/q;+1;/p-1. The number of hydrogen-bond donors (Lipinski definition) is 1. The van der Waals surface area contributed by atoms with Gasteiger partial charge < -0.3 is 20.7 Å². The Kier molecular flexibility index (Phi) is 10.2. The average Bonchev–Trinajstić information content (AvgIpc) is 3.32. The number of carbonyl (C=O) groups excluding carboxylic acids is 2. The van der Waals surface area contributed by atoms with Gasteiger partial charge in [-0.25, -0.2) is 4.98 Å². The number of thiocarbonyl (C=S) groups is 1. The molecular weight excluding hydrogens is 489 g/mol. The number of amides is 1. The zero-order valence-corrected chi connectivity index (χ0v) is 22.0. The normalized spacial score (nSPS) is 14.2. The number of carbonyl (C=O) groups is 2. The first-order valence-electron chi connectivity index (χ1n) is 9.28. The van der Waals surface area contributed by atoms with Crippen LogP contribution in [0.3, 0.4) is 0 Å². The minimum absolute atomic E-state index is 0. The Bertz CT molecular complexity index is 1120. The maximum atomic E-state index is 12.4. The third-order valence-electron chi connectivity index (χ3n) is 4.50. The second-order valence-electron chi connectivity index (χ2n) is 6.62. The summed E-state index contributed by atoms with van der Waals surface area (Å²) in [5.41, 5.74) is 2.81. The topological polar surface area (TPSA) is 117 Å². The summed E-state index contributed by atoms with van der Waals surface area (Å²) in [6, 6.07) is 20.1. The molecule has 1 fully saturated rings. The molecule has 0 bridgehead atoms. The molecule has 0 unspecified atom stereocenters. The molecule has 3 aromatic rings. The van der Waals surface area contributed by atoms with E-state index in [4.69, 9.17) is 12.2 Å². The third-order valence-corrected chi connectivity index (χ3v) is 6.66. The molecule has 7 nitrogen and oxygen atoms in total. The van der Waals surface area contributed by atoms with Crippen LogP contribution in [0.25, 0.3) is 6.08 Å². The fraction of sp³-hybridized carbons (Fsp3) is 0.0909. The van der Waals surface area contributed by atoms with E-state index in [1.807, 2.05) is 41.8 Å². The van der Waals surface area contributed by atoms with Crippen molar-refractivity contribution in [1.29, 1.82) is 0 Å². The van der Waals surface area contributed by atoms with Gasteiger partial charge in [0.1, 0.15) is 4.32 Å². The molecule has 0 saturated carbocycles. The van der Waals surface area contributed by atoms with Gasteiger partial charge in [-0.05, 0) is 17.2 Å². The molecule has 0 radical (unpaired) electrons. The van der Waals surface area contributed by atoms with Gasteiger partial charge in [-0.3, -0.25) is 9.69 Å².